The lowest BCUT2D eigenvalue weighted by atomic mass is 9.98. The molecule has 0 aliphatic carbocycles. The summed E-state index contributed by atoms with van der Waals surface area (Å²) in [6.45, 7) is 18.0. The van der Waals surface area contributed by atoms with Gasteiger partial charge in [0.05, 0.1) is 18.7 Å². The predicted molar refractivity (Wildman–Crippen MR) is 137 cm³/mol. The first kappa shape index (κ1) is 29.5. The van der Waals surface area contributed by atoms with E-state index in [0.29, 0.717) is 25.2 Å². The highest BCUT2D eigenvalue weighted by molar-refractivity contribution is 5.96. The quantitative estimate of drug-likeness (QED) is 0.583. The van der Waals surface area contributed by atoms with E-state index in [1.54, 1.807) is 15.9 Å². The van der Waals surface area contributed by atoms with Gasteiger partial charge in [0, 0.05) is 19.6 Å². The number of nitrogens with zero attached hydrogens (tertiary/aromatic N) is 4. The molecule has 10 nitrogen and oxygen atoms in total. The smallest absolute Gasteiger partial charge is 0.410 e. The Morgan fingerprint density at radius 1 is 1.11 bits per heavy atom. The third-order valence-electron chi connectivity index (χ3n) is 6.30. The topological polar surface area (TPSA) is 125 Å². The van der Waals surface area contributed by atoms with Gasteiger partial charge >= 0.3 is 6.09 Å². The van der Waals surface area contributed by atoms with Crippen LogP contribution in [-0.4, -0.2) is 86.9 Å². The second kappa shape index (κ2) is 12.0. The maximum absolute atomic E-state index is 13.4. The van der Waals surface area contributed by atoms with Crippen molar-refractivity contribution in [3.8, 4) is 0 Å². The fourth-order valence-corrected chi connectivity index (χ4v) is 4.06. The van der Waals surface area contributed by atoms with Gasteiger partial charge in [-0.3, -0.25) is 9.59 Å². The summed E-state index contributed by atoms with van der Waals surface area (Å²) in [5.41, 5.74) is 0.315. The highest BCUT2D eigenvalue weighted by Gasteiger charge is 2.37. The summed E-state index contributed by atoms with van der Waals surface area (Å²) >= 11 is 0. The van der Waals surface area contributed by atoms with E-state index < -0.39 is 17.6 Å². The standard InChI is InChI=1S/C26H43N5O5/c1-15(2)18-12-19(28-29-22(18)23(33)27-20(14-32)16(3)4)24(34)30-10-11-31(21(13-30)17(5)6)25(35)36-26(7,8)9/h12,15-17,20-21,32H,10-11,13-14H2,1-9H3,(H,27,33). The summed E-state index contributed by atoms with van der Waals surface area (Å²) < 4.78 is 5.57. The molecule has 0 saturated carbocycles. The fourth-order valence-electron chi connectivity index (χ4n) is 4.06. The van der Waals surface area contributed by atoms with Gasteiger partial charge in [0.2, 0.25) is 0 Å². The molecule has 1 fully saturated rings. The van der Waals surface area contributed by atoms with Crippen LogP contribution >= 0.6 is 0 Å². The van der Waals surface area contributed by atoms with E-state index in [-0.39, 0.29) is 53.8 Å². The van der Waals surface area contributed by atoms with Gasteiger partial charge in [0.25, 0.3) is 11.8 Å². The molecule has 1 aliphatic rings. The van der Waals surface area contributed by atoms with Crippen LogP contribution in [0.15, 0.2) is 6.07 Å². The number of aromatic nitrogens is 2. The molecule has 2 heterocycles. The van der Waals surface area contributed by atoms with Gasteiger partial charge in [-0.2, -0.15) is 0 Å². The van der Waals surface area contributed by atoms with Crippen molar-refractivity contribution in [3.05, 3.63) is 23.0 Å². The Kier molecular flexibility index (Phi) is 9.82. The van der Waals surface area contributed by atoms with Gasteiger partial charge in [-0.1, -0.05) is 41.5 Å². The molecular weight excluding hydrogens is 462 g/mol. The lowest BCUT2D eigenvalue weighted by Crippen LogP contribution is -2.59. The van der Waals surface area contributed by atoms with Gasteiger partial charge in [-0.25, -0.2) is 4.79 Å². The molecule has 2 unspecified atom stereocenters. The number of rotatable bonds is 7. The van der Waals surface area contributed by atoms with Crippen LogP contribution in [0.25, 0.3) is 0 Å². The molecule has 0 bridgehead atoms. The summed E-state index contributed by atoms with van der Waals surface area (Å²) in [7, 11) is 0. The van der Waals surface area contributed by atoms with Gasteiger partial charge < -0.3 is 25.0 Å². The molecular formula is C26H43N5O5. The molecule has 202 valence electrons. The Morgan fingerprint density at radius 2 is 1.75 bits per heavy atom. The minimum Gasteiger partial charge on any atom is -0.444 e. The number of ether oxygens (including phenoxy) is 1. The largest absolute Gasteiger partial charge is 0.444 e. The Bertz CT molecular complexity index is 941. The normalized spacial score (nSPS) is 17.5. The molecule has 1 saturated heterocycles. The lowest BCUT2D eigenvalue weighted by molar-refractivity contribution is -0.00804. The van der Waals surface area contributed by atoms with Crippen LogP contribution < -0.4 is 5.32 Å². The van der Waals surface area contributed by atoms with Gasteiger partial charge in [0.1, 0.15) is 5.60 Å². The van der Waals surface area contributed by atoms with Crippen molar-refractivity contribution < 1.29 is 24.2 Å². The van der Waals surface area contributed by atoms with Gasteiger partial charge in [0.15, 0.2) is 11.4 Å². The monoisotopic (exact) mass is 505 g/mol. The van der Waals surface area contributed by atoms with Crippen molar-refractivity contribution in [2.24, 2.45) is 11.8 Å². The maximum Gasteiger partial charge on any atom is 0.410 e. The van der Waals surface area contributed by atoms with E-state index >= 15 is 0 Å². The van der Waals surface area contributed by atoms with Crippen molar-refractivity contribution in [3.63, 3.8) is 0 Å². The van der Waals surface area contributed by atoms with Crippen molar-refractivity contribution >= 4 is 17.9 Å². The van der Waals surface area contributed by atoms with Crippen molar-refractivity contribution in [2.45, 2.75) is 85.9 Å². The number of carbonyl (C=O) groups is 3. The molecule has 3 amide bonds. The fraction of sp³-hybridized carbons (Fsp3) is 0.731. The molecule has 1 aliphatic heterocycles. The van der Waals surface area contributed by atoms with Crippen LogP contribution in [0, 0.1) is 11.8 Å². The molecule has 10 heteroatoms. The number of hydrogen-bond donors (Lipinski definition) is 2. The molecule has 36 heavy (non-hydrogen) atoms. The van der Waals surface area contributed by atoms with E-state index in [1.807, 2.05) is 62.3 Å². The number of carbonyl (C=O) groups excluding carboxylic acids is 3. The zero-order valence-electron chi connectivity index (χ0n) is 23.2. The van der Waals surface area contributed by atoms with Crippen molar-refractivity contribution in [2.75, 3.05) is 26.2 Å². The summed E-state index contributed by atoms with van der Waals surface area (Å²) in [5, 5.41) is 20.6. The summed E-state index contributed by atoms with van der Waals surface area (Å²) in [6, 6.07) is 1.02. The molecule has 1 aromatic rings. The van der Waals surface area contributed by atoms with Gasteiger partial charge in [-0.15, -0.1) is 10.2 Å². The van der Waals surface area contributed by atoms with Crippen molar-refractivity contribution in [1.82, 2.24) is 25.3 Å². The Labute approximate surface area is 214 Å². The minimum atomic E-state index is -0.602. The average molecular weight is 506 g/mol. The number of amides is 3. The second-order valence-corrected chi connectivity index (χ2v) is 11.4. The van der Waals surface area contributed by atoms with Gasteiger partial charge in [-0.05, 0) is 50.2 Å². The van der Waals surface area contributed by atoms with Crippen LogP contribution in [0.4, 0.5) is 4.79 Å². The molecule has 2 rings (SSSR count). The Morgan fingerprint density at radius 3 is 2.25 bits per heavy atom. The molecule has 0 spiro atoms. The molecule has 2 N–H and O–H groups in total. The van der Waals surface area contributed by atoms with E-state index in [2.05, 4.69) is 15.5 Å². The van der Waals surface area contributed by atoms with Crippen LogP contribution in [0.3, 0.4) is 0 Å². The number of nitrogens with one attached hydrogen (secondary N) is 1. The first-order chi connectivity index (χ1) is 16.7. The second-order valence-electron chi connectivity index (χ2n) is 11.4. The highest BCUT2D eigenvalue weighted by Crippen LogP contribution is 2.23. The number of piperazine rings is 1. The Hall–Kier alpha value is -2.75. The van der Waals surface area contributed by atoms with E-state index in [4.69, 9.17) is 4.74 Å². The molecule has 0 radical (unpaired) electrons. The van der Waals surface area contributed by atoms with E-state index in [0.717, 1.165) is 0 Å². The summed E-state index contributed by atoms with van der Waals surface area (Å²) in [5.74, 6) is -0.641. The highest BCUT2D eigenvalue weighted by atomic mass is 16.6. The van der Waals surface area contributed by atoms with E-state index in [9.17, 15) is 19.5 Å². The third kappa shape index (κ3) is 7.38. The lowest BCUT2D eigenvalue weighted by Gasteiger charge is -2.43. The molecule has 1 aromatic heterocycles. The molecule has 0 aromatic carbocycles. The summed E-state index contributed by atoms with van der Waals surface area (Å²) in [6.07, 6.45) is -0.381. The van der Waals surface area contributed by atoms with Crippen molar-refractivity contribution in [1.29, 1.82) is 0 Å². The number of aliphatic hydroxyl groups is 1. The first-order valence-corrected chi connectivity index (χ1v) is 12.7. The van der Waals surface area contributed by atoms with Crippen LogP contribution in [-0.2, 0) is 4.74 Å². The minimum absolute atomic E-state index is 0.0449. The third-order valence-corrected chi connectivity index (χ3v) is 6.30. The zero-order chi connectivity index (χ0) is 27.4. The summed E-state index contributed by atoms with van der Waals surface area (Å²) in [4.78, 5) is 42.4. The number of aliphatic hydroxyl groups excluding tert-OH is 1. The SMILES string of the molecule is CC(C)c1cc(C(=O)N2CCN(C(=O)OC(C)(C)C)C(C(C)C)C2)nnc1C(=O)NC(CO)C(C)C. The van der Waals surface area contributed by atoms with E-state index in [1.165, 1.54) is 0 Å². The maximum atomic E-state index is 13.4. The zero-order valence-corrected chi connectivity index (χ0v) is 23.2. The van der Waals surface area contributed by atoms with Crippen LogP contribution in [0.5, 0.6) is 0 Å². The average Bonchev–Trinajstić information content (AvgIpc) is 2.79. The van der Waals surface area contributed by atoms with Crippen LogP contribution in [0.2, 0.25) is 0 Å². The molecule has 2 atom stereocenters. The predicted octanol–water partition coefficient (Wildman–Crippen LogP) is 3.06. The number of hydrogen-bond acceptors (Lipinski definition) is 7. The van der Waals surface area contributed by atoms with Crippen LogP contribution in [0.1, 0.15) is 94.8 Å². The first-order valence-electron chi connectivity index (χ1n) is 12.7. The Balaban J connectivity index is 2.25.